The van der Waals surface area contributed by atoms with Gasteiger partial charge in [0, 0.05) is 17.1 Å². The van der Waals surface area contributed by atoms with Crippen molar-refractivity contribution in [2.75, 3.05) is 5.88 Å². The van der Waals surface area contributed by atoms with Gasteiger partial charge in [0.2, 0.25) is 0 Å². The molecule has 2 aromatic rings. The third kappa shape index (κ3) is 2.03. The molecule has 2 rings (SSSR count). The lowest BCUT2D eigenvalue weighted by molar-refractivity contribution is 0.651. The molecule has 0 fully saturated rings. The summed E-state index contributed by atoms with van der Waals surface area (Å²) < 4.78 is 2.00. The van der Waals surface area contributed by atoms with Crippen LogP contribution in [0.4, 0.5) is 0 Å². The van der Waals surface area contributed by atoms with Crippen LogP contribution in [-0.2, 0) is 6.54 Å². The number of hydrogen-bond donors (Lipinski definition) is 0. The lowest BCUT2D eigenvalue weighted by Gasteiger charge is -2.03. The Balaban J connectivity index is 2.66. The van der Waals surface area contributed by atoms with E-state index in [1.54, 1.807) is 18.2 Å². The van der Waals surface area contributed by atoms with Gasteiger partial charge in [-0.15, -0.1) is 11.6 Å². The third-order valence-electron chi connectivity index (χ3n) is 2.30. The van der Waals surface area contributed by atoms with Crippen molar-refractivity contribution >= 4 is 33.0 Å². The molecular weight excluding hydrogens is 246 g/mol. The van der Waals surface area contributed by atoms with Gasteiger partial charge in [-0.25, -0.2) is 0 Å². The summed E-state index contributed by atoms with van der Waals surface area (Å²) in [6, 6.07) is 7.15. The van der Waals surface area contributed by atoms with Crippen molar-refractivity contribution in [1.29, 1.82) is 0 Å². The summed E-state index contributed by atoms with van der Waals surface area (Å²) in [7, 11) is 0. The molecule has 84 valence electrons. The third-order valence-corrected chi connectivity index (χ3v) is 3.53. The first-order valence-electron chi connectivity index (χ1n) is 4.92. The fraction of sp³-hybridized carbons (Fsp3) is 0.273. The molecule has 0 spiro atoms. The molecule has 0 aliphatic heterocycles. The molecule has 0 unspecified atom stereocenters. The van der Waals surface area contributed by atoms with Gasteiger partial charge in [0.05, 0.1) is 5.39 Å². The summed E-state index contributed by atoms with van der Waals surface area (Å²) in [5, 5.41) is 0.599. The molecular formula is C11H10ClNO2S. The molecule has 5 heteroatoms. The standard InChI is InChI=1S/C11H10ClNO2S/c12-6-3-7-13-10(14)8-4-1-2-5-9(8)16-11(13)15/h1-2,4-5H,3,6-7H2. The van der Waals surface area contributed by atoms with Crippen LogP contribution in [0.1, 0.15) is 6.42 Å². The zero-order chi connectivity index (χ0) is 11.5. The predicted molar refractivity (Wildman–Crippen MR) is 67.7 cm³/mol. The van der Waals surface area contributed by atoms with Gasteiger partial charge in [-0.05, 0) is 18.6 Å². The van der Waals surface area contributed by atoms with Gasteiger partial charge in [-0.1, -0.05) is 23.5 Å². The van der Waals surface area contributed by atoms with Crippen LogP contribution in [0.5, 0.6) is 0 Å². The average Bonchev–Trinajstić information content (AvgIpc) is 2.29. The smallest absolute Gasteiger partial charge is 0.269 e. The van der Waals surface area contributed by atoms with E-state index in [0.29, 0.717) is 24.2 Å². The molecule has 0 radical (unpaired) electrons. The van der Waals surface area contributed by atoms with Gasteiger partial charge in [0.1, 0.15) is 0 Å². The first-order valence-corrected chi connectivity index (χ1v) is 6.28. The molecule has 1 heterocycles. The zero-order valence-corrected chi connectivity index (χ0v) is 10.1. The first kappa shape index (κ1) is 11.4. The lowest BCUT2D eigenvalue weighted by atomic mass is 10.3. The Kier molecular flexibility index (Phi) is 3.41. The minimum absolute atomic E-state index is 0.214. The van der Waals surface area contributed by atoms with Crippen LogP contribution in [0.25, 0.3) is 10.1 Å². The SMILES string of the molecule is O=c1sc2ccccc2c(=O)n1CCCCl. The highest BCUT2D eigenvalue weighted by Crippen LogP contribution is 2.10. The molecule has 1 aromatic heterocycles. The molecule has 0 aliphatic rings. The molecule has 16 heavy (non-hydrogen) atoms. The number of rotatable bonds is 3. The van der Waals surface area contributed by atoms with Crippen molar-refractivity contribution in [3.8, 4) is 0 Å². The highest BCUT2D eigenvalue weighted by Gasteiger charge is 2.06. The number of nitrogens with zero attached hydrogens (tertiary/aromatic N) is 1. The zero-order valence-electron chi connectivity index (χ0n) is 8.48. The molecule has 0 bridgehead atoms. The Morgan fingerprint density at radius 2 is 2.00 bits per heavy atom. The van der Waals surface area contributed by atoms with Crippen LogP contribution in [0, 0.1) is 0 Å². The minimum Gasteiger partial charge on any atom is -0.269 e. The van der Waals surface area contributed by atoms with E-state index in [1.807, 2.05) is 6.07 Å². The fourth-order valence-electron chi connectivity index (χ4n) is 1.52. The molecule has 0 amide bonds. The normalized spacial score (nSPS) is 10.8. The summed E-state index contributed by atoms with van der Waals surface area (Å²) in [4.78, 5) is 23.5. The molecule has 1 aromatic carbocycles. The van der Waals surface area contributed by atoms with E-state index in [2.05, 4.69) is 0 Å². The Labute approximate surface area is 101 Å². The van der Waals surface area contributed by atoms with Crippen molar-refractivity contribution in [3.05, 3.63) is 44.3 Å². The Morgan fingerprint density at radius 1 is 1.25 bits per heavy atom. The average molecular weight is 256 g/mol. The van der Waals surface area contributed by atoms with E-state index in [1.165, 1.54) is 4.57 Å². The van der Waals surface area contributed by atoms with Crippen LogP contribution in [0.15, 0.2) is 33.9 Å². The number of fused-ring (bicyclic) bond motifs is 1. The van der Waals surface area contributed by atoms with Crippen molar-refractivity contribution in [2.45, 2.75) is 13.0 Å². The van der Waals surface area contributed by atoms with Gasteiger partial charge in [0.25, 0.3) is 5.56 Å². The van der Waals surface area contributed by atoms with Gasteiger partial charge >= 0.3 is 4.87 Å². The van der Waals surface area contributed by atoms with E-state index in [4.69, 9.17) is 11.6 Å². The van der Waals surface area contributed by atoms with Gasteiger partial charge < -0.3 is 0 Å². The fourth-order valence-corrected chi connectivity index (χ4v) is 2.52. The van der Waals surface area contributed by atoms with Gasteiger partial charge in [-0.3, -0.25) is 14.2 Å². The van der Waals surface area contributed by atoms with Crippen LogP contribution in [-0.4, -0.2) is 10.4 Å². The molecule has 0 N–H and O–H groups in total. The predicted octanol–water partition coefficient (Wildman–Crippen LogP) is 2.05. The second-order valence-electron chi connectivity index (χ2n) is 3.36. The maximum Gasteiger partial charge on any atom is 0.310 e. The van der Waals surface area contributed by atoms with Crippen LogP contribution < -0.4 is 10.4 Å². The Hall–Kier alpha value is -1.13. The van der Waals surface area contributed by atoms with Crippen molar-refractivity contribution in [1.82, 2.24) is 4.57 Å². The lowest BCUT2D eigenvalue weighted by Crippen LogP contribution is -2.31. The van der Waals surface area contributed by atoms with Crippen LogP contribution in [0.2, 0.25) is 0 Å². The number of alkyl halides is 1. The maximum absolute atomic E-state index is 12.0. The van der Waals surface area contributed by atoms with E-state index in [9.17, 15) is 9.59 Å². The van der Waals surface area contributed by atoms with Crippen LogP contribution in [0.3, 0.4) is 0 Å². The summed E-state index contributed by atoms with van der Waals surface area (Å²) in [5.74, 6) is 0.448. The molecule has 0 saturated carbocycles. The minimum atomic E-state index is -0.218. The highest BCUT2D eigenvalue weighted by molar-refractivity contribution is 7.16. The molecule has 0 saturated heterocycles. The van der Waals surface area contributed by atoms with Crippen molar-refractivity contribution < 1.29 is 0 Å². The number of benzene rings is 1. The van der Waals surface area contributed by atoms with Gasteiger partial charge in [0.15, 0.2) is 0 Å². The monoisotopic (exact) mass is 255 g/mol. The molecule has 0 atom stereocenters. The topological polar surface area (TPSA) is 39.1 Å². The first-order chi connectivity index (χ1) is 7.74. The highest BCUT2D eigenvalue weighted by atomic mass is 35.5. The number of hydrogen-bond acceptors (Lipinski definition) is 3. The summed E-state index contributed by atoms with van der Waals surface area (Å²) >= 11 is 6.66. The van der Waals surface area contributed by atoms with E-state index < -0.39 is 0 Å². The quantitative estimate of drug-likeness (QED) is 0.788. The van der Waals surface area contributed by atoms with Gasteiger partial charge in [-0.2, -0.15) is 0 Å². The Bertz CT molecular complexity index is 617. The number of aromatic nitrogens is 1. The summed E-state index contributed by atoms with van der Waals surface area (Å²) in [6.45, 7) is 0.391. The Morgan fingerprint density at radius 3 is 2.75 bits per heavy atom. The molecule has 3 nitrogen and oxygen atoms in total. The number of halogens is 1. The van der Waals surface area contributed by atoms with E-state index in [-0.39, 0.29) is 10.4 Å². The van der Waals surface area contributed by atoms with Crippen molar-refractivity contribution in [3.63, 3.8) is 0 Å². The van der Waals surface area contributed by atoms with Crippen molar-refractivity contribution in [2.24, 2.45) is 0 Å². The van der Waals surface area contributed by atoms with E-state index >= 15 is 0 Å². The second kappa shape index (κ2) is 4.80. The molecule has 0 aliphatic carbocycles. The summed E-state index contributed by atoms with van der Waals surface area (Å²) in [5.41, 5.74) is -0.218. The second-order valence-corrected chi connectivity index (χ2v) is 4.73. The largest absolute Gasteiger partial charge is 0.310 e. The van der Waals surface area contributed by atoms with E-state index in [0.717, 1.165) is 16.0 Å². The van der Waals surface area contributed by atoms with Crippen LogP contribution >= 0.6 is 22.9 Å². The summed E-state index contributed by atoms with van der Waals surface area (Å²) in [6.07, 6.45) is 0.627. The maximum atomic E-state index is 12.0.